The Balaban J connectivity index is 1.72. The number of carbonyl (C=O) groups excluding carboxylic acids is 2. The predicted molar refractivity (Wildman–Crippen MR) is 141 cm³/mol. The Morgan fingerprint density at radius 2 is 1.81 bits per heavy atom. The maximum atomic E-state index is 12.7. The summed E-state index contributed by atoms with van der Waals surface area (Å²) in [7, 11) is 0. The van der Waals surface area contributed by atoms with Gasteiger partial charge < -0.3 is 20.8 Å². The van der Waals surface area contributed by atoms with Gasteiger partial charge in [0.2, 0.25) is 11.7 Å². The standard InChI is InChI=1S/C28H33N5O3/c1-5-21(6-2)32-26(35)24-17-31-27(36-24)19-12-10-11-18(15-19)22(29)16-23(30)25(34)33-28(3,4)20-13-8-7-9-14-20/h7-17,21,30H,5-6,29H2,1-4H3,(H,32,35)(H,33,34)/b22-16-,30-23?. The minimum atomic E-state index is -0.656. The van der Waals surface area contributed by atoms with E-state index in [9.17, 15) is 9.59 Å². The summed E-state index contributed by atoms with van der Waals surface area (Å²) in [5, 5.41) is 14.0. The van der Waals surface area contributed by atoms with Crippen molar-refractivity contribution in [2.75, 3.05) is 0 Å². The molecule has 0 aliphatic carbocycles. The number of oxazole rings is 1. The van der Waals surface area contributed by atoms with Crippen molar-refractivity contribution in [3.63, 3.8) is 0 Å². The van der Waals surface area contributed by atoms with Gasteiger partial charge in [-0.05, 0) is 56.0 Å². The summed E-state index contributed by atoms with van der Waals surface area (Å²) in [5.41, 5.74) is 7.68. The van der Waals surface area contributed by atoms with Gasteiger partial charge in [-0.1, -0.05) is 56.3 Å². The maximum Gasteiger partial charge on any atom is 0.288 e. The number of hydrogen-bond donors (Lipinski definition) is 4. The first-order chi connectivity index (χ1) is 17.1. The molecule has 3 aromatic rings. The Hall–Kier alpha value is -4.20. The molecular formula is C28H33N5O3. The average molecular weight is 488 g/mol. The van der Waals surface area contributed by atoms with Crippen molar-refractivity contribution in [2.45, 2.75) is 52.1 Å². The van der Waals surface area contributed by atoms with E-state index >= 15 is 0 Å². The molecule has 0 aliphatic rings. The largest absolute Gasteiger partial charge is 0.431 e. The van der Waals surface area contributed by atoms with Crippen LogP contribution in [0.2, 0.25) is 0 Å². The Morgan fingerprint density at radius 3 is 2.47 bits per heavy atom. The summed E-state index contributed by atoms with van der Waals surface area (Å²) in [4.78, 5) is 29.3. The molecule has 0 fully saturated rings. The molecule has 0 saturated heterocycles. The lowest BCUT2D eigenvalue weighted by Gasteiger charge is -2.26. The Bertz CT molecular complexity index is 1260. The third kappa shape index (κ3) is 6.47. The first-order valence-corrected chi connectivity index (χ1v) is 12.0. The highest BCUT2D eigenvalue weighted by atomic mass is 16.4. The number of hydrogen-bond acceptors (Lipinski definition) is 6. The molecule has 0 unspecified atom stereocenters. The number of amides is 2. The van der Waals surface area contributed by atoms with Gasteiger partial charge in [0.25, 0.3) is 11.8 Å². The molecule has 2 amide bonds. The van der Waals surface area contributed by atoms with E-state index in [4.69, 9.17) is 15.6 Å². The number of carbonyl (C=O) groups is 2. The van der Waals surface area contributed by atoms with Crippen LogP contribution >= 0.6 is 0 Å². The van der Waals surface area contributed by atoms with Crippen LogP contribution in [0.5, 0.6) is 0 Å². The lowest BCUT2D eigenvalue weighted by atomic mass is 9.94. The normalized spacial score (nSPS) is 11.9. The molecule has 0 saturated carbocycles. The van der Waals surface area contributed by atoms with E-state index in [1.165, 1.54) is 12.3 Å². The molecule has 0 radical (unpaired) electrons. The Morgan fingerprint density at radius 1 is 1.11 bits per heavy atom. The van der Waals surface area contributed by atoms with Gasteiger partial charge in [0.05, 0.1) is 11.7 Å². The summed E-state index contributed by atoms with van der Waals surface area (Å²) < 4.78 is 5.68. The molecule has 188 valence electrons. The molecule has 3 rings (SSSR count). The third-order valence-corrected chi connectivity index (χ3v) is 5.96. The van der Waals surface area contributed by atoms with Crippen LogP contribution < -0.4 is 16.4 Å². The molecule has 0 aliphatic heterocycles. The van der Waals surface area contributed by atoms with Gasteiger partial charge in [-0.15, -0.1) is 0 Å². The molecule has 1 heterocycles. The van der Waals surface area contributed by atoms with E-state index in [2.05, 4.69) is 15.6 Å². The van der Waals surface area contributed by atoms with Gasteiger partial charge in [0.1, 0.15) is 5.71 Å². The predicted octanol–water partition coefficient (Wildman–Crippen LogP) is 4.63. The second-order valence-corrected chi connectivity index (χ2v) is 9.06. The number of rotatable bonds is 10. The van der Waals surface area contributed by atoms with Crippen molar-refractivity contribution in [3.8, 4) is 11.5 Å². The van der Waals surface area contributed by atoms with Crippen molar-refractivity contribution in [2.24, 2.45) is 5.73 Å². The summed E-state index contributed by atoms with van der Waals surface area (Å²) in [6.07, 6.45) is 4.37. The van der Waals surface area contributed by atoms with E-state index in [-0.39, 0.29) is 35.0 Å². The summed E-state index contributed by atoms with van der Waals surface area (Å²) in [6, 6.07) is 16.7. The third-order valence-electron chi connectivity index (χ3n) is 5.96. The summed E-state index contributed by atoms with van der Waals surface area (Å²) >= 11 is 0. The van der Waals surface area contributed by atoms with Crippen LogP contribution in [0.25, 0.3) is 17.2 Å². The Kier molecular flexibility index (Phi) is 8.42. The molecular weight excluding hydrogens is 454 g/mol. The molecule has 8 heteroatoms. The zero-order valence-corrected chi connectivity index (χ0v) is 21.1. The van der Waals surface area contributed by atoms with Crippen LogP contribution in [-0.2, 0) is 10.3 Å². The zero-order valence-electron chi connectivity index (χ0n) is 21.1. The van der Waals surface area contributed by atoms with Gasteiger partial charge in [0, 0.05) is 17.3 Å². The fourth-order valence-corrected chi connectivity index (χ4v) is 3.68. The molecule has 1 aromatic heterocycles. The van der Waals surface area contributed by atoms with Gasteiger partial charge >= 0.3 is 0 Å². The molecule has 5 N–H and O–H groups in total. The zero-order chi connectivity index (χ0) is 26.3. The quantitative estimate of drug-likeness (QED) is 0.309. The van der Waals surface area contributed by atoms with Crippen LogP contribution in [0, 0.1) is 5.41 Å². The van der Waals surface area contributed by atoms with E-state index in [0.717, 1.165) is 18.4 Å². The summed E-state index contributed by atoms with van der Waals surface area (Å²) in [5.74, 6) is -0.443. The number of nitrogens with two attached hydrogens (primary N) is 1. The van der Waals surface area contributed by atoms with E-state index in [1.807, 2.05) is 58.0 Å². The first kappa shape index (κ1) is 26.4. The van der Waals surface area contributed by atoms with E-state index in [0.29, 0.717) is 11.1 Å². The minimum absolute atomic E-state index is 0.0742. The van der Waals surface area contributed by atoms with Crippen LogP contribution in [0.4, 0.5) is 0 Å². The molecule has 0 bridgehead atoms. The van der Waals surface area contributed by atoms with E-state index in [1.54, 1.807) is 24.3 Å². The monoisotopic (exact) mass is 487 g/mol. The lowest BCUT2D eigenvalue weighted by Crippen LogP contribution is -2.43. The van der Waals surface area contributed by atoms with Crippen LogP contribution in [-0.4, -0.2) is 28.6 Å². The fourth-order valence-electron chi connectivity index (χ4n) is 3.68. The van der Waals surface area contributed by atoms with Crippen LogP contribution in [0.3, 0.4) is 0 Å². The molecule has 36 heavy (non-hydrogen) atoms. The SMILES string of the molecule is CCC(CC)NC(=O)c1cnc(-c2cccc(/C(N)=C/C(=N)C(=O)NC(C)(C)c3ccccc3)c2)o1. The van der Waals surface area contributed by atoms with Gasteiger partial charge in [-0.25, -0.2) is 4.98 Å². The van der Waals surface area contributed by atoms with Crippen molar-refractivity contribution >= 4 is 23.2 Å². The summed E-state index contributed by atoms with van der Waals surface area (Å²) in [6.45, 7) is 7.77. The number of nitrogens with one attached hydrogen (secondary N) is 3. The number of benzene rings is 2. The van der Waals surface area contributed by atoms with E-state index < -0.39 is 11.4 Å². The minimum Gasteiger partial charge on any atom is -0.431 e. The van der Waals surface area contributed by atoms with Crippen molar-refractivity contribution in [1.82, 2.24) is 15.6 Å². The van der Waals surface area contributed by atoms with Crippen molar-refractivity contribution in [1.29, 1.82) is 5.41 Å². The number of nitrogens with zero attached hydrogens (tertiary/aromatic N) is 1. The second kappa shape index (κ2) is 11.5. The molecule has 0 atom stereocenters. The lowest BCUT2D eigenvalue weighted by molar-refractivity contribution is -0.116. The van der Waals surface area contributed by atoms with Crippen molar-refractivity contribution < 1.29 is 14.0 Å². The topological polar surface area (TPSA) is 134 Å². The van der Waals surface area contributed by atoms with Crippen molar-refractivity contribution in [3.05, 3.63) is 83.8 Å². The molecule has 0 spiro atoms. The highest BCUT2D eigenvalue weighted by Gasteiger charge is 2.24. The number of aromatic nitrogens is 1. The van der Waals surface area contributed by atoms with Gasteiger partial charge in [-0.3, -0.25) is 15.0 Å². The van der Waals surface area contributed by atoms with Crippen LogP contribution in [0.15, 0.2) is 71.3 Å². The smallest absolute Gasteiger partial charge is 0.288 e. The second-order valence-electron chi connectivity index (χ2n) is 9.06. The first-order valence-electron chi connectivity index (χ1n) is 12.0. The highest BCUT2D eigenvalue weighted by Crippen LogP contribution is 2.23. The average Bonchev–Trinajstić information content (AvgIpc) is 3.38. The van der Waals surface area contributed by atoms with Crippen LogP contribution in [0.1, 0.15) is 62.2 Å². The van der Waals surface area contributed by atoms with Gasteiger partial charge in [-0.2, -0.15) is 0 Å². The maximum absolute atomic E-state index is 12.7. The highest BCUT2D eigenvalue weighted by molar-refractivity contribution is 6.43. The Labute approximate surface area is 211 Å². The van der Waals surface area contributed by atoms with Gasteiger partial charge in [0.15, 0.2) is 0 Å². The molecule has 8 nitrogen and oxygen atoms in total. The molecule has 2 aromatic carbocycles. The fraction of sp³-hybridized carbons (Fsp3) is 0.286.